The number of amides is 2. The maximum atomic E-state index is 12.9. The van der Waals surface area contributed by atoms with Crippen molar-refractivity contribution in [2.45, 2.75) is 19.4 Å². The van der Waals surface area contributed by atoms with Gasteiger partial charge in [0.05, 0.1) is 0 Å². The summed E-state index contributed by atoms with van der Waals surface area (Å²) in [5.74, 6) is -1.25. The predicted octanol–water partition coefficient (Wildman–Crippen LogP) is 2.58. The quantitative estimate of drug-likeness (QED) is 0.792. The van der Waals surface area contributed by atoms with Gasteiger partial charge in [-0.15, -0.1) is 0 Å². The number of halogens is 1. The van der Waals surface area contributed by atoms with Crippen molar-refractivity contribution >= 4 is 17.6 Å². The first-order valence-electron chi connectivity index (χ1n) is 7.82. The van der Waals surface area contributed by atoms with Crippen LogP contribution in [0.25, 0.3) is 0 Å². The SMILES string of the molecule is CNC(=O)c1cccc(C(=O)N[C@H](C)CC(=O)c2ccc(F)cc2)c1. The molecule has 130 valence electrons. The minimum absolute atomic E-state index is 0.0898. The van der Waals surface area contributed by atoms with Crippen LogP contribution in [0.15, 0.2) is 48.5 Å². The van der Waals surface area contributed by atoms with Gasteiger partial charge in [-0.3, -0.25) is 14.4 Å². The molecular weight excluding hydrogens is 323 g/mol. The van der Waals surface area contributed by atoms with E-state index in [0.29, 0.717) is 16.7 Å². The van der Waals surface area contributed by atoms with E-state index in [0.717, 1.165) is 0 Å². The number of ketones is 1. The highest BCUT2D eigenvalue weighted by Crippen LogP contribution is 2.09. The highest BCUT2D eigenvalue weighted by molar-refractivity contribution is 6.00. The average Bonchev–Trinajstić information content (AvgIpc) is 2.61. The second-order valence-corrected chi connectivity index (χ2v) is 5.67. The molecule has 2 rings (SSSR count). The summed E-state index contributed by atoms with van der Waals surface area (Å²) in [6, 6.07) is 11.2. The summed E-state index contributed by atoms with van der Waals surface area (Å²) < 4.78 is 12.9. The first-order valence-corrected chi connectivity index (χ1v) is 7.82. The summed E-state index contributed by atoms with van der Waals surface area (Å²) in [7, 11) is 1.51. The highest BCUT2D eigenvalue weighted by atomic mass is 19.1. The molecule has 2 N–H and O–H groups in total. The molecule has 5 nitrogen and oxygen atoms in total. The Hall–Kier alpha value is -3.02. The zero-order valence-electron chi connectivity index (χ0n) is 14.0. The van der Waals surface area contributed by atoms with Crippen molar-refractivity contribution in [2.75, 3.05) is 7.05 Å². The zero-order chi connectivity index (χ0) is 18.4. The molecule has 0 aliphatic rings. The molecule has 0 aliphatic heterocycles. The molecule has 0 spiro atoms. The van der Waals surface area contributed by atoms with Gasteiger partial charge in [-0.2, -0.15) is 0 Å². The second-order valence-electron chi connectivity index (χ2n) is 5.67. The van der Waals surface area contributed by atoms with Crippen molar-refractivity contribution < 1.29 is 18.8 Å². The largest absolute Gasteiger partial charge is 0.355 e. The van der Waals surface area contributed by atoms with Gasteiger partial charge >= 0.3 is 0 Å². The lowest BCUT2D eigenvalue weighted by Crippen LogP contribution is -2.34. The molecule has 0 aliphatic carbocycles. The molecular formula is C19H19FN2O3. The number of hydrogen-bond acceptors (Lipinski definition) is 3. The van der Waals surface area contributed by atoms with Gasteiger partial charge in [0, 0.05) is 36.2 Å². The molecule has 0 bridgehead atoms. The minimum Gasteiger partial charge on any atom is -0.355 e. The Balaban J connectivity index is 1.99. The van der Waals surface area contributed by atoms with E-state index in [2.05, 4.69) is 10.6 Å². The summed E-state index contributed by atoms with van der Waals surface area (Å²) in [5, 5.41) is 5.22. The van der Waals surface area contributed by atoms with Crippen LogP contribution in [0.4, 0.5) is 4.39 Å². The Morgan fingerprint density at radius 3 is 2.16 bits per heavy atom. The van der Waals surface area contributed by atoms with Gasteiger partial charge in [-0.05, 0) is 49.4 Å². The van der Waals surface area contributed by atoms with Crippen LogP contribution in [0.1, 0.15) is 44.4 Å². The molecule has 0 saturated heterocycles. The van der Waals surface area contributed by atoms with Crippen LogP contribution in [0.5, 0.6) is 0 Å². The fourth-order valence-corrected chi connectivity index (χ4v) is 2.34. The molecule has 25 heavy (non-hydrogen) atoms. The third-order valence-corrected chi connectivity index (χ3v) is 3.65. The van der Waals surface area contributed by atoms with Crippen molar-refractivity contribution in [3.05, 3.63) is 71.0 Å². The fraction of sp³-hybridized carbons (Fsp3) is 0.211. The van der Waals surface area contributed by atoms with Crippen LogP contribution < -0.4 is 10.6 Å². The standard InChI is InChI=1S/C19H19FN2O3/c1-12(10-17(23)13-6-8-16(20)9-7-13)22-19(25)15-5-3-4-14(11-15)18(24)21-2/h3-9,11-12H,10H2,1-2H3,(H,21,24)(H,22,25)/t12-/m1/s1. The van der Waals surface area contributed by atoms with Gasteiger partial charge in [0.1, 0.15) is 5.82 Å². The molecule has 0 saturated carbocycles. The van der Waals surface area contributed by atoms with Crippen molar-refractivity contribution in [1.29, 1.82) is 0 Å². The lowest BCUT2D eigenvalue weighted by atomic mass is 10.0. The van der Waals surface area contributed by atoms with Crippen molar-refractivity contribution in [2.24, 2.45) is 0 Å². The van der Waals surface area contributed by atoms with Gasteiger partial charge in [0.2, 0.25) is 0 Å². The number of carbonyl (C=O) groups excluding carboxylic acids is 3. The minimum atomic E-state index is -0.409. The van der Waals surface area contributed by atoms with E-state index in [1.165, 1.54) is 37.4 Å². The van der Waals surface area contributed by atoms with E-state index in [1.807, 2.05) is 0 Å². The van der Waals surface area contributed by atoms with E-state index in [-0.39, 0.29) is 24.0 Å². The second kappa shape index (κ2) is 8.19. The van der Waals surface area contributed by atoms with Crippen LogP contribution in [0.3, 0.4) is 0 Å². The van der Waals surface area contributed by atoms with E-state index in [9.17, 15) is 18.8 Å². The Labute approximate surface area is 145 Å². The Morgan fingerprint density at radius 1 is 0.960 bits per heavy atom. The van der Waals surface area contributed by atoms with Gasteiger partial charge in [-0.1, -0.05) is 6.07 Å². The summed E-state index contributed by atoms with van der Waals surface area (Å²) in [6.45, 7) is 1.71. The molecule has 0 fully saturated rings. The molecule has 0 aromatic heterocycles. The Bertz CT molecular complexity index is 788. The molecule has 0 radical (unpaired) electrons. The molecule has 2 amide bonds. The maximum Gasteiger partial charge on any atom is 0.251 e. The van der Waals surface area contributed by atoms with Gasteiger partial charge < -0.3 is 10.6 Å². The van der Waals surface area contributed by atoms with Crippen LogP contribution in [0, 0.1) is 5.82 Å². The van der Waals surface area contributed by atoms with E-state index in [1.54, 1.807) is 25.1 Å². The van der Waals surface area contributed by atoms with Crippen molar-refractivity contribution in [3.8, 4) is 0 Å². The first kappa shape index (κ1) is 18.3. The third kappa shape index (κ3) is 4.97. The van der Waals surface area contributed by atoms with E-state index in [4.69, 9.17) is 0 Å². The fourth-order valence-electron chi connectivity index (χ4n) is 2.34. The summed E-state index contributed by atoms with van der Waals surface area (Å²) in [5.41, 5.74) is 1.11. The lowest BCUT2D eigenvalue weighted by Gasteiger charge is -2.14. The first-order chi connectivity index (χ1) is 11.9. The molecule has 1 atom stereocenters. The molecule has 2 aromatic carbocycles. The topological polar surface area (TPSA) is 75.3 Å². The number of nitrogens with one attached hydrogen (secondary N) is 2. The third-order valence-electron chi connectivity index (χ3n) is 3.65. The molecule has 0 unspecified atom stereocenters. The van der Waals surface area contributed by atoms with Crippen LogP contribution in [-0.2, 0) is 0 Å². The predicted molar refractivity (Wildman–Crippen MR) is 92.1 cm³/mol. The van der Waals surface area contributed by atoms with Crippen LogP contribution in [0.2, 0.25) is 0 Å². The molecule has 0 heterocycles. The molecule has 6 heteroatoms. The summed E-state index contributed by atoms with van der Waals surface area (Å²) in [6.07, 6.45) is 0.0898. The molecule has 2 aromatic rings. The van der Waals surface area contributed by atoms with Crippen molar-refractivity contribution in [3.63, 3.8) is 0 Å². The Kier molecular flexibility index (Phi) is 6.00. The lowest BCUT2D eigenvalue weighted by molar-refractivity contribution is 0.0917. The average molecular weight is 342 g/mol. The summed E-state index contributed by atoms with van der Waals surface area (Å²) in [4.78, 5) is 36.0. The number of Topliss-reactive ketones (excluding diaryl/α,β-unsaturated/α-hetero) is 1. The Morgan fingerprint density at radius 2 is 1.56 bits per heavy atom. The maximum absolute atomic E-state index is 12.9. The number of carbonyl (C=O) groups is 3. The summed E-state index contributed by atoms with van der Waals surface area (Å²) >= 11 is 0. The normalized spacial score (nSPS) is 11.5. The number of rotatable bonds is 6. The van der Waals surface area contributed by atoms with Crippen molar-refractivity contribution in [1.82, 2.24) is 10.6 Å². The zero-order valence-corrected chi connectivity index (χ0v) is 14.0. The highest BCUT2D eigenvalue weighted by Gasteiger charge is 2.15. The van der Waals surface area contributed by atoms with Gasteiger partial charge in [0.15, 0.2) is 5.78 Å². The van der Waals surface area contributed by atoms with Crippen LogP contribution in [-0.4, -0.2) is 30.7 Å². The smallest absolute Gasteiger partial charge is 0.251 e. The van der Waals surface area contributed by atoms with E-state index >= 15 is 0 Å². The van der Waals surface area contributed by atoms with Crippen LogP contribution >= 0.6 is 0 Å². The number of benzene rings is 2. The van der Waals surface area contributed by atoms with Gasteiger partial charge in [0.25, 0.3) is 11.8 Å². The monoisotopic (exact) mass is 342 g/mol. The van der Waals surface area contributed by atoms with Gasteiger partial charge in [-0.25, -0.2) is 4.39 Å². The van der Waals surface area contributed by atoms with E-state index < -0.39 is 11.9 Å². The number of hydrogen-bond donors (Lipinski definition) is 2.